The Morgan fingerprint density at radius 2 is 1.80 bits per heavy atom. The van der Waals surface area contributed by atoms with Crippen molar-refractivity contribution in [2.75, 3.05) is 13.2 Å². The zero-order chi connectivity index (χ0) is 14.1. The third kappa shape index (κ3) is 2.60. The first-order chi connectivity index (χ1) is 9.68. The monoisotopic (exact) mass is 280 g/mol. The largest absolute Gasteiger partial charge is 0.381 e. The lowest BCUT2D eigenvalue weighted by Crippen LogP contribution is -2.49. The average Bonchev–Trinajstić information content (AvgIpc) is 3.06. The van der Waals surface area contributed by atoms with E-state index in [4.69, 9.17) is 4.74 Å². The number of nitrogens with zero attached hydrogens (tertiary/aromatic N) is 1. The Hall–Kier alpha value is -0.610. The molecule has 2 heterocycles. The molecule has 4 nitrogen and oxygen atoms in total. The van der Waals surface area contributed by atoms with Crippen LogP contribution in [0.5, 0.6) is 0 Å². The van der Waals surface area contributed by atoms with E-state index in [0.29, 0.717) is 23.8 Å². The highest BCUT2D eigenvalue weighted by Crippen LogP contribution is 2.35. The molecule has 3 rings (SSSR count). The van der Waals surface area contributed by atoms with Crippen molar-refractivity contribution in [1.82, 2.24) is 10.2 Å². The van der Waals surface area contributed by atoms with Crippen LogP contribution in [0.25, 0.3) is 0 Å². The molecule has 3 aliphatic rings. The third-order valence-electron chi connectivity index (χ3n) is 5.27. The van der Waals surface area contributed by atoms with Gasteiger partial charge in [-0.2, -0.15) is 0 Å². The fourth-order valence-corrected chi connectivity index (χ4v) is 4.12. The van der Waals surface area contributed by atoms with Crippen molar-refractivity contribution < 1.29 is 9.53 Å². The Balaban J connectivity index is 1.79. The van der Waals surface area contributed by atoms with Crippen molar-refractivity contribution in [2.24, 2.45) is 11.8 Å². The van der Waals surface area contributed by atoms with E-state index in [1.165, 1.54) is 25.7 Å². The van der Waals surface area contributed by atoms with Gasteiger partial charge in [0.05, 0.1) is 12.2 Å². The standard InChI is InChI=1S/C16H28N2O2/c1-11(2)14-16(19)18(13-7-9-20-10-8-13)15(17-14)12-5-3-4-6-12/h11-15,17H,3-10H2,1-2H3. The lowest BCUT2D eigenvalue weighted by molar-refractivity contribution is -0.135. The molecule has 20 heavy (non-hydrogen) atoms. The molecule has 2 unspecified atom stereocenters. The molecule has 0 aromatic carbocycles. The molecule has 1 N–H and O–H groups in total. The maximum absolute atomic E-state index is 12.8. The molecule has 1 saturated carbocycles. The van der Waals surface area contributed by atoms with Crippen LogP contribution < -0.4 is 5.32 Å². The van der Waals surface area contributed by atoms with Gasteiger partial charge in [-0.15, -0.1) is 0 Å². The lowest BCUT2D eigenvalue weighted by Gasteiger charge is -2.37. The molecular formula is C16H28N2O2. The first-order valence-corrected chi connectivity index (χ1v) is 8.34. The van der Waals surface area contributed by atoms with Crippen molar-refractivity contribution in [2.45, 2.75) is 70.6 Å². The van der Waals surface area contributed by atoms with E-state index in [-0.39, 0.29) is 12.2 Å². The second-order valence-corrected chi connectivity index (χ2v) is 6.97. The molecule has 114 valence electrons. The van der Waals surface area contributed by atoms with E-state index in [1.54, 1.807) is 0 Å². The predicted octanol–water partition coefficient (Wildman–Crippen LogP) is 2.14. The highest BCUT2D eigenvalue weighted by Gasteiger charge is 2.46. The van der Waals surface area contributed by atoms with Gasteiger partial charge >= 0.3 is 0 Å². The molecule has 2 atom stereocenters. The van der Waals surface area contributed by atoms with Crippen molar-refractivity contribution in [3.63, 3.8) is 0 Å². The number of carbonyl (C=O) groups excluding carboxylic acids is 1. The van der Waals surface area contributed by atoms with Crippen LogP contribution in [0.15, 0.2) is 0 Å². The summed E-state index contributed by atoms with van der Waals surface area (Å²) in [7, 11) is 0. The van der Waals surface area contributed by atoms with Gasteiger partial charge in [-0.3, -0.25) is 10.1 Å². The van der Waals surface area contributed by atoms with Crippen LogP contribution in [0.2, 0.25) is 0 Å². The van der Waals surface area contributed by atoms with E-state index >= 15 is 0 Å². The first-order valence-electron chi connectivity index (χ1n) is 8.34. The topological polar surface area (TPSA) is 41.6 Å². The molecule has 0 aromatic rings. The second-order valence-electron chi connectivity index (χ2n) is 6.97. The minimum Gasteiger partial charge on any atom is -0.381 e. The van der Waals surface area contributed by atoms with Gasteiger partial charge in [0, 0.05) is 19.3 Å². The quantitative estimate of drug-likeness (QED) is 0.861. The van der Waals surface area contributed by atoms with E-state index < -0.39 is 0 Å². The van der Waals surface area contributed by atoms with Gasteiger partial charge < -0.3 is 9.64 Å². The molecule has 0 bridgehead atoms. The van der Waals surface area contributed by atoms with Gasteiger partial charge in [-0.25, -0.2) is 0 Å². The summed E-state index contributed by atoms with van der Waals surface area (Å²) >= 11 is 0. The number of hydrogen-bond donors (Lipinski definition) is 1. The lowest BCUT2D eigenvalue weighted by atomic mass is 10.00. The van der Waals surface area contributed by atoms with Gasteiger partial charge in [0.1, 0.15) is 0 Å². The molecule has 4 heteroatoms. The summed E-state index contributed by atoms with van der Waals surface area (Å²) < 4.78 is 5.47. The minimum atomic E-state index is 0.0171. The molecular weight excluding hydrogens is 252 g/mol. The smallest absolute Gasteiger partial charge is 0.241 e. The van der Waals surface area contributed by atoms with E-state index in [0.717, 1.165) is 26.1 Å². The van der Waals surface area contributed by atoms with Gasteiger partial charge in [0.25, 0.3) is 0 Å². The molecule has 0 spiro atoms. The first kappa shape index (κ1) is 14.3. The number of amides is 1. The van der Waals surface area contributed by atoms with Crippen LogP contribution in [0.3, 0.4) is 0 Å². The molecule has 0 radical (unpaired) electrons. The van der Waals surface area contributed by atoms with Crippen LogP contribution in [0.1, 0.15) is 52.4 Å². The highest BCUT2D eigenvalue weighted by molar-refractivity contribution is 5.85. The van der Waals surface area contributed by atoms with Crippen molar-refractivity contribution in [3.8, 4) is 0 Å². The maximum atomic E-state index is 12.8. The predicted molar refractivity (Wildman–Crippen MR) is 78.2 cm³/mol. The Morgan fingerprint density at radius 1 is 1.15 bits per heavy atom. The average molecular weight is 280 g/mol. The molecule has 3 fully saturated rings. The van der Waals surface area contributed by atoms with E-state index in [1.807, 2.05) is 0 Å². The van der Waals surface area contributed by atoms with Crippen LogP contribution in [-0.2, 0) is 9.53 Å². The van der Waals surface area contributed by atoms with Gasteiger partial charge in [0.2, 0.25) is 5.91 Å². The molecule has 1 amide bonds. The molecule has 1 aliphatic carbocycles. The zero-order valence-electron chi connectivity index (χ0n) is 12.8. The minimum absolute atomic E-state index is 0.0171. The summed E-state index contributed by atoms with van der Waals surface area (Å²) in [6, 6.07) is 0.404. The normalized spacial score (nSPS) is 33.5. The summed E-state index contributed by atoms with van der Waals surface area (Å²) in [5.74, 6) is 1.37. The van der Waals surface area contributed by atoms with Crippen molar-refractivity contribution in [1.29, 1.82) is 0 Å². The van der Waals surface area contributed by atoms with Crippen LogP contribution in [-0.4, -0.2) is 42.3 Å². The van der Waals surface area contributed by atoms with Crippen LogP contribution in [0.4, 0.5) is 0 Å². The highest BCUT2D eigenvalue weighted by atomic mass is 16.5. The third-order valence-corrected chi connectivity index (χ3v) is 5.27. The van der Waals surface area contributed by atoms with E-state index in [9.17, 15) is 4.79 Å². The van der Waals surface area contributed by atoms with Crippen molar-refractivity contribution >= 4 is 5.91 Å². The number of nitrogens with one attached hydrogen (secondary N) is 1. The van der Waals surface area contributed by atoms with Crippen LogP contribution in [0, 0.1) is 11.8 Å². The zero-order valence-corrected chi connectivity index (χ0v) is 12.8. The summed E-state index contributed by atoms with van der Waals surface area (Å²) in [5, 5.41) is 3.67. The molecule has 2 aliphatic heterocycles. The summed E-state index contributed by atoms with van der Waals surface area (Å²) in [5.41, 5.74) is 0. The summed E-state index contributed by atoms with van der Waals surface area (Å²) in [6.07, 6.45) is 7.48. The number of carbonyl (C=O) groups is 1. The number of rotatable bonds is 3. The fourth-order valence-electron chi connectivity index (χ4n) is 4.12. The Bertz CT molecular complexity index is 346. The Labute approximate surface area is 122 Å². The van der Waals surface area contributed by atoms with Crippen molar-refractivity contribution in [3.05, 3.63) is 0 Å². The SMILES string of the molecule is CC(C)C1NC(C2CCCC2)N(C2CCOCC2)C1=O. The Kier molecular flexibility index (Phi) is 4.32. The van der Waals surface area contributed by atoms with Gasteiger partial charge in [0.15, 0.2) is 0 Å². The second kappa shape index (κ2) is 6.02. The summed E-state index contributed by atoms with van der Waals surface area (Å²) in [6.45, 7) is 5.90. The number of ether oxygens (including phenoxy) is 1. The summed E-state index contributed by atoms with van der Waals surface area (Å²) in [4.78, 5) is 15.0. The van der Waals surface area contributed by atoms with Crippen LogP contribution >= 0.6 is 0 Å². The molecule has 2 saturated heterocycles. The number of hydrogen-bond acceptors (Lipinski definition) is 3. The van der Waals surface area contributed by atoms with Gasteiger partial charge in [-0.05, 0) is 37.5 Å². The molecule has 0 aromatic heterocycles. The Morgan fingerprint density at radius 3 is 2.40 bits per heavy atom. The van der Waals surface area contributed by atoms with E-state index in [2.05, 4.69) is 24.1 Å². The maximum Gasteiger partial charge on any atom is 0.241 e. The fraction of sp³-hybridized carbons (Fsp3) is 0.938. The van der Waals surface area contributed by atoms with Gasteiger partial charge in [-0.1, -0.05) is 26.7 Å².